The Balaban J connectivity index is 1.99. The van der Waals surface area contributed by atoms with Gasteiger partial charge in [0.15, 0.2) is 0 Å². The summed E-state index contributed by atoms with van der Waals surface area (Å²) in [6.07, 6.45) is 0. The number of carbonyl (C=O) groups is 1. The summed E-state index contributed by atoms with van der Waals surface area (Å²) in [4.78, 5) is 15.4. The Morgan fingerprint density at radius 2 is 1.83 bits per heavy atom. The molecule has 0 aromatic heterocycles. The third-order valence-corrected chi connectivity index (χ3v) is 4.76. The molecule has 0 fully saturated rings. The maximum absolute atomic E-state index is 12.6. The van der Waals surface area contributed by atoms with E-state index >= 15 is 0 Å². The van der Waals surface area contributed by atoms with Crippen molar-refractivity contribution in [2.24, 2.45) is 0 Å². The normalized spacial score (nSPS) is 11.8. The number of hydrogen-bond acceptors (Lipinski definition) is 3. The summed E-state index contributed by atoms with van der Waals surface area (Å²) in [5, 5.41) is -0.127. The van der Waals surface area contributed by atoms with Crippen LogP contribution >= 0.6 is 11.8 Å². The molecular weight excluding hydrogens is 306 g/mol. The van der Waals surface area contributed by atoms with Gasteiger partial charge in [-0.05, 0) is 32.0 Å². The van der Waals surface area contributed by atoms with Gasteiger partial charge in [0.05, 0.1) is 12.4 Å². The van der Waals surface area contributed by atoms with Crippen molar-refractivity contribution < 1.29 is 9.53 Å². The van der Waals surface area contributed by atoms with E-state index in [1.165, 1.54) is 5.56 Å². The average molecular weight is 329 g/mol. The monoisotopic (exact) mass is 329 g/mol. The van der Waals surface area contributed by atoms with Gasteiger partial charge in [0.1, 0.15) is 5.75 Å². The fourth-order valence-corrected chi connectivity index (χ4v) is 3.33. The van der Waals surface area contributed by atoms with Crippen LogP contribution in [0.4, 0.5) is 0 Å². The lowest BCUT2D eigenvalue weighted by atomic mass is 10.2. The fraction of sp³-hybridized carbons (Fsp3) is 0.316. The highest BCUT2D eigenvalue weighted by atomic mass is 32.2. The Morgan fingerprint density at radius 3 is 2.48 bits per heavy atom. The van der Waals surface area contributed by atoms with Crippen LogP contribution in [-0.2, 0) is 11.3 Å². The molecule has 2 aromatic carbocycles. The van der Waals surface area contributed by atoms with Gasteiger partial charge < -0.3 is 9.64 Å². The lowest BCUT2D eigenvalue weighted by molar-refractivity contribution is -0.129. The van der Waals surface area contributed by atoms with Crippen LogP contribution in [0, 0.1) is 6.92 Å². The Kier molecular flexibility index (Phi) is 6.11. The van der Waals surface area contributed by atoms with E-state index in [1.807, 2.05) is 38.2 Å². The number of amides is 1. The number of aryl methyl sites for hydroxylation is 1. The van der Waals surface area contributed by atoms with E-state index in [9.17, 15) is 4.79 Å². The molecule has 0 aliphatic carbocycles. The lowest BCUT2D eigenvalue weighted by Gasteiger charge is -2.22. The minimum absolute atomic E-state index is 0.112. The quantitative estimate of drug-likeness (QED) is 0.746. The topological polar surface area (TPSA) is 29.5 Å². The van der Waals surface area contributed by atoms with Crippen molar-refractivity contribution >= 4 is 17.7 Å². The van der Waals surface area contributed by atoms with Crippen LogP contribution in [0.1, 0.15) is 18.1 Å². The first-order valence-electron chi connectivity index (χ1n) is 7.61. The zero-order valence-electron chi connectivity index (χ0n) is 14.1. The van der Waals surface area contributed by atoms with Crippen LogP contribution in [0.25, 0.3) is 0 Å². The van der Waals surface area contributed by atoms with E-state index in [0.717, 1.165) is 16.2 Å². The molecule has 0 saturated heterocycles. The third kappa shape index (κ3) is 4.76. The number of thioether (sulfide) groups is 1. The molecule has 0 spiro atoms. The second kappa shape index (κ2) is 8.06. The SMILES string of the molecule is COc1ccccc1CN(C)C(=O)C(C)Sc1ccc(C)cc1. The number of benzene rings is 2. The van der Waals surface area contributed by atoms with E-state index in [0.29, 0.717) is 6.54 Å². The van der Waals surface area contributed by atoms with Crippen LogP contribution in [0.15, 0.2) is 53.4 Å². The highest BCUT2D eigenvalue weighted by Gasteiger charge is 2.19. The molecule has 1 unspecified atom stereocenters. The standard InChI is InChI=1S/C19H23NO2S/c1-14-9-11-17(12-10-14)23-15(2)19(21)20(3)13-16-7-5-6-8-18(16)22-4/h5-12,15H,13H2,1-4H3. The number of rotatable bonds is 6. The second-order valence-electron chi connectivity index (χ2n) is 5.58. The lowest BCUT2D eigenvalue weighted by Crippen LogP contribution is -2.32. The van der Waals surface area contributed by atoms with Gasteiger partial charge in [0.25, 0.3) is 0 Å². The van der Waals surface area contributed by atoms with Crippen LogP contribution < -0.4 is 4.74 Å². The zero-order chi connectivity index (χ0) is 16.8. The smallest absolute Gasteiger partial charge is 0.235 e. The first-order chi connectivity index (χ1) is 11.0. The van der Waals surface area contributed by atoms with Crippen LogP contribution in [0.3, 0.4) is 0 Å². The summed E-state index contributed by atoms with van der Waals surface area (Å²) in [7, 11) is 3.48. The highest BCUT2D eigenvalue weighted by molar-refractivity contribution is 8.00. The van der Waals surface area contributed by atoms with Crippen LogP contribution in [-0.4, -0.2) is 30.2 Å². The van der Waals surface area contributed by atoms with Crippen molar-refractivity contribution in [3.8, 4) is 5.75 Å². The van der Waals surface area contributed by atoms with Gasteiger partial charge in [-0.15, -0.1) is 11.8 Å². The van der Waals surface area contributed by atoms with Gasteiger partial charge in [-0.1, -0.05) is 35.9 Å². The molecule has 1 amide bonds. The van der Waals surface area contributed by atoms with Gasteiger partial charge in [-0.2, -0.15) is 0 Å². The molecule has 0 radical (unpaired) electrons. The van der Waals surface area contributed by atoms with Crippen molar-refractivity contribution in [2.75, 3.05) is 14.2 Å². The summed E-state index contributed by atoms with van der Waals surface area (Å²) in [6, 6.07) is 16.0. The molecule has 0 saturated carbocycles. The van der Waals surface area contributed by atoms with E-state index in [2.05, 4.69) is 31.2 Å². The summed E-state index contributed by atoms with van der Waals surface area (Å²) < 4.78 is 5.35. The summed E-state index contributed by atoms with van der Waals surface area (Å²) >= 11 is 1.59. The number of methoxy groups -OCH3 is 1. The molecule has 0 heterocycles. The average Bonchev–Trinajstić information content (AvgIpc) is 2.56. The largest absolute Gasteiger partial charge is 0.496 e. The summed E-state index contributed by atoms with van der Waals surface area (Å²) in [5.74, 6) is 0.924. The van der Waals surface area contributed by atoms with E-state index in [4.69, 9.17) is 4.74 Å². The molecular formula is C19H23NO2S. The molecule has 0 aliphatic rings. The van der Waals surface area contributed by atoms with Crippen molar-refractivity contribution in [3.05, 3.63) is 59.7 Å². The summed E-state index contributed by atoms with van der Waals surface area (Å²) in [6.45, 7) is 4.55. The molecule has 122 valence electrons. The predicted octanol–water partition coefficient (Wildman–Crippen LogP) is 4.14. The van der Waals surface area contributed by atoms with Crippen molar-refractivity contribution in [1.82, 2.24) is 4.90 Å². The molecule has 2 aromatic rings. The number of ether oxygens (including phenoxy) is 1. The van der Waals surface area contributed by atoms with Crippen LogP contribution in [0.2, 0.25) is 0 Å². The second-order valence-corrected chi connectivity index (χ2v) is 6.99. The first-order valence-corrected chi connectivity index (χ1v) is 8.49. The van der Waals surface area contributed by atoms with Crippen LogP contribution in [0.5, 0.6) is 5.75 Å². The number of hydrogen-bond donors (Lipinski definition) is 0. The van der Waals surface area contributed by atoms with Crippen molar-refractivity contribution in [2.45, 2.75) is 30.5 Å². The van der Waals surface area contributed by atoms with Crippen molar-refractivity contribution in [3.63, 3.8) is 0 Å². The minimum atomic E-state index is -0.127. The molecule has 3 nitrogen and oxygen atoms in total. The van der Waals surface area contributed by atoms with E-state index in [-0.39, 0.29) is 11.2 Å². The number of carbonyl (C=O) groups excluding carboxylic acids is 1. The summed E-state index contributed by atoms with van der Waals surface area (Å²) in [5.41, 5.74) is 2.24. The van der Waals surface area contributed by atoms with Crippen molar-refractivity contribution in [1.29, 1.82) is 0 Å². The maximum atomic E-state index is 12.6. The molecule has 4 heteroatoms. The Bertz CT molecular complexity index is 655. The van der Waals surface area contributed by atoms with Gasteiger partial charge in [0, 0.05) is 24.1 Å². The molecule has 2 rings (SSSR count). The number of nitrogens with zero attached hydrogens (tertiary/aromatic N) is 1. The Hall–Kier alpha value is -1.94. The molecule has 0 bridgehead atoms. The molecule has 0 N–H and O–H groups in total. The zero-order valence-corrected chi connectivity index (χ0v) is 14.9. The maximum Gasteiger partial charge on any atom is 0.235 e. The molecule has 1 atom stereocenters. The third-order valence-electron chi connectivity index (χ3n) is 3.66. The highest BCUT2D eigenvalue weighted by Crippen LogP contribution is 2.26. The molecule has 0 aliphatic heterocycles. The fourth-order valence-electron chi connectivity index (χ4n) is 2.35. The van der Waals surface area contributed by atoms with Gasteiger partial charge in [-0.3, -0.25) is 4.79 Å². The Labute approximate surface area is 142 Å². The van der Waals surface area contributed by atoms with Gasteiger partial charge in [-0.25, -0.2) is 0 Å². The van der Waals surface area contributed by atoms with Gasteiger partial charge in [0.2, 0.25) is 5.91 Å². The van der Waals surface area contributed by atoms with E-state index in [1.54, 1.807) is 23.8 Å². The molecule has 23 heavy (non-hydrogen) atoms. The van der Waals surface area contributed by atoms with E-state index < -0.39 is 0 Å². The number of para-hydroxylation sites is 1. The predicted molar refractivity (Wildman–Crippen MR) is 96.0 cm³/mol. The minimum Gasteiger partial charge on any atom is -0.496 e. The Morgan fingerprint density at radius 1 is 1.17 bits per heavy atom. The van der Waals surface area contributed by atoms with Gasteiger partial charge >= 0.3 is 0 Å². The first kappa shape index (κ1) is 17.4.